The summed E-state index contributed by atoms with van der Waals surface area (Å²) in [4.78, 5) is 17.9. The Morgan fingerprint density at radius 2 is 2.00 bits per heavy atom. The maximum Gasteiger partial charge on any atom is 0.303 e. The molecule has 0 unspecified atom stereocenters. The molecule has 0 bridgehead atoms. The zero-order chi connectivity index (χ0) is 27.2. The van der Waals surface area contributed by atoms with E-state index < -0.39 is 23.8 Å². The van der Waals surface area contributed by atoms with E-state index in [2.05, 4.69) is 16.8 Å². The molecular formula is C29H28ClF3N2O3. The highest BCUT2D eigenvalue weighted by Gasteiger charge is 2.31. The van der Waals surface area contributed by atoms with Crippen molar-refractivity contribution in [2.45, 2.75) is 31.9 Å². The third kappa shape index (κ3) is 6.97. The average molecular weight is 545 g/mol. The fourth-order valence-electron chi connectivity index (χ4n) is 5.13. The minimum Gasteiger partial charge on any atom is -0.497 e. The van der Waals surface area contributed by atoms with Crippen LogP contribution in [-0.4, -0.2) is 47.7 Å². The van der Waals surface area contributed by atoms with Crippen molar-refractivity contribution in [3.8, 4) is 17.6 Å². The van der Waals surface area contributed by atoms with E-state index in [-0.39, 0.29) is 35.3 Å². The Hall–Kier alpha value is -3.28. The van der Waals surface area contributed by atoms with Crippen LogP contribution in [-0.2, 0) is 4.79 Å². The molecule has 0 saturated carbocycles. The van der Waals surface area contributed by atoms with Crippen molar-refractivity contribution < 1.29 is 27.8 Å². The lowest BCUT2D eigenvalue weighted by atomic mass is 9.79. The van der Waals surface area contributed by atoms with Crippen molar-refractivity contribution in [3.05, 3.63) is 70.4 Å². The Morgan fingerprint density at radius 1 is 1.24 bits per heavy atom. The number of carboxylic acids is 1. The number of carboxylic acid groups (broad SMARTS) is 1. The molecule has 1 aromatic heterocycles. The van der Waals surface area contributed by atoms with E-state index in [9.17, 15) is 18.7 Å². The van der Waals surface area contributed by atoms with Crippen LogP contribution in [0.2, 0.25) is 5.02 Å². The molecule has 1 aliphatic rings. The van der Waals surface area contributed by atoms with Gasteiger partial charge in [0.1, 0.15) is 23.6 Å². The van der Waals surface area contributed by atoms with Crippen molar-refractivity contribution in [1.82, 2.24) is 9.88 Å². The zero-order valence-electron chi connectivity index (χ0n) is 20.9. The molecule has 38 heavy (non-hydrogen) atoms. The molecule has 3 aromatic rings. The number of carbonyl (C=O) groups is 1. The lowest BCUT2D eigenvalue weighted by molar-refractivity contribution is -0.139. The Kier molecular flexibility index (Phi) is 9.13. The molecule has 1 N–H and O–H groups in total. The maximum absolute atomic E-state index is 15.6. The second kappa shape index (κ2) is 12.5. The number of nitrogens with zero attached hydrogens (tertiary/aromatic N) is 2. The van der Waals surface area contributed by atoms with Gasteiger partial charge in [0.25, 0.3) is 0 Å². The van der Waals surface area contributed by atoms with Crippen LogP contribution in [0.4, 0.5) is 13.2 Å². The highest BCUT2D eigenvalue weighted by atomic mass is 35.5. The quantitative estimate of drug-likeness (QED) is 0.331. The number of hydrogen-bond acceptors (Lipinski definition) is 4. The van der Waals surface area contributed by atoms with Crippen LogP contribution in [0.3, 0.4) is 0 Å². The van der Waals surface area contributed by atoms with Gasteiger partial charge in [0.15, 0.2) is 0 Å². The molecule has 2 aromatic carbocycles. The van der Waals surface area contributed by atoms with Crippen LogP contribution in [0.5, 0.6) is 5.75 Å². The van der Waals surface area contributed by atoms with E-state index in [1.165, 1.54) is 13.3 Å². The SMILES string of the molecule is COc1ccc2ncc(Cl)c([C@@H](F)CC[C@@H]3CCN(CC#Cc4cc(F)cc(F)c4)C[C@@H]3CC(=O)O)c2c1. The lowest BCUT2D eigenvalue weighted by Crippen LogP contribution is -2.41. The zero-order valence-corrected chi connectivity index (χ0v) is 21.6. The number of methoxy groups -OCH3 is 1. The van der Waals surface area contributed by atoms with Gasteiger partial charge < -0.3 is 9.84 Å². The van der Waals surface area contributed by atoms with E-state index in [0.717, 1.165) is 18.2 Å². The smallest absolute Gasteiger partial charge is 0.303 e. The number of aliphatic carboxylic acids is 1. The van der Waals surface area contributed by atoms with E-state index in [1.54, 1.807) is 18.2 Å². The van der Waals surface area contributed by atoms with Gasteiger partial charge in [-0.3, -0.25) is 14.7 Å². The Bertz CT molecular complexity index is 1350. The molecule has 9 heteroatoms. The first-order chi connectivity index (χ1) is 18.2. The first-order valence-corrected chi connectivity index (χ1v) is 12.8. The molecule has 4 rings (SSSR count). The molecule has 1 saturated heterocycles. The largest absolute Gasteiger partial charge is 0.497 e. The summed E-state index contributed by atoms with van der Waals surface area (Å²) in [5.74, 6) is 3.82. The van der Waals surface area contributed by atoms with Gasteiger partial charge in [-0.05, 0) is 68.0 Å². The molecule has 2 heterocycles. The van der Waals surface area contributed by atoms with Gasteiger partial charge >= 0.3 is 5.97 Å². The van der Waals surface area contributed by atoms with Crippen molar-refractivity contribution in [2.24, 2.45) is 11.8 Å². The Labute approximate surface area is 224 Å². The van der Waals surface area contributed by atoms with Gasteiger partial charge in [-0.2, -0.15) is 0 Å². The van der Waals surface area contributed by atoms with Crippen molar-refractivity contribution >= 4 is 28.5 Å². The summed E-state index contributed by atoms with van der Waals surface area (Å²) < 4.78 is 47.7. The molecule has 0 aliphatic carbocycles. The van der Waals surface area contributed by atoms with E-state index in [0.29, 0.717) is 54.7 Å². The Morgan fingerprint density at radius 3 is 2.71 bits per heavy atom. The lowest BCUT2D eigenvalue weighted by Gasteiger charge is -2.37. The van der Waals surface area contributed by atoms with Gasteiger partial charge in [0, 0.05) is 41.7 Å². The molecule has 200 valence electrons. The molecular weight excluding hydrogens is 517 g/mol. The standard InChI is InChI=1S/C29H28ClF3N2O3/c1-38-23-5-7-27-24(15-23)29(25(30)16-34-27)26(33)6-4-19-8-10-35(17-20(19)13-28(36)37)9-2-3-18-11-21(31)14-22(32)12-18/h5,7,11-12,14-16,19-20,26H,4,6,8-10,13,17H2,1H3,(H,36,37)/t19-,20+,26+/m1/s1. The number of pyridine rings is 1. The second-order valence-electron chi connectivity index (χ2n) is 9.55. The third-order valence-electron chi connectivity index (χ3n) is 6.98. The minimum absolute atomic E-state index is 0.0206. The second-order valence-corrected chi connectivity index (χ2v) is 9.96. The van der Waals surface area contributed by atoms with Gasteiger partial charge in [-0.1, -0.05) is 23.4 Å². The summed E-state index contributed by atoms with van der Waals surface area (Å²) in [6, 6.07) is 8.35. The predicted octanol–water partition coefficient (Wildman–Crippen LogP) is 6.43. The van der Waals surface area contributed by atoms with Crippen LogP contribution < -0.4 is 4.74 Å². The van der Waals surface area contributed by atoms with Crippen LogP contribution in [0, 0.1) is 35.3 Å². The number of alkyl halides is 1. The van der Waals surface area contributed by atoms with E-state index >= 15 is 4.39 Å². The molecule has 1 fully saturated rings. The van der Waals surface area contributed by atoms with Gasteiger partial charge in [0.2, 0.25) is 0 Å². The normalized spacial score (nSPS) is 18.6. The minimum atomic E-state index is -1.35. The third-order valence-corrected chi connectivity index (χ3v) is 7.28. The van der Waals surface area contributed by atoms with Crippen molar-refractivity contribution in [1.29, 1.82) is 0 Å². The summed E-state index contributed by atoms with van der Waals surface area (Å²) in [6.45, 7) is 1.50. The predicted molar refractivity (Wildman–Crippen MR) is 140 cm³/mol. The van der Waals surface area contributed by atoms with Crippen LogP contribution in [0.15, 0.2) is 42.6 Å². The number of likely N-dealkylation sites (tertiary alicyclic amines) is 1. The highest BCUT2D eigenvalue weighted by molar-refractivity contribution is 6.32. The van der Waals surface area contributed by atoms with Crippen LogP contribution in [0.1, 0.15) is 43.0 Å². The maximum atomic E-state index is 15.6. The van der Waals surface area contributed by atoms with E-state index in [4.69, 9.17) is 16.3 Å². The molecule has 0 spiro atoms. The summed E-state index contributed by atoms with van der Waals surface area (Å²) >= 11 is 6.36. The van der Waals surface area contributed by atoms with Gasteiger partial charge in [-0.25, -0.2) is 13.2 Å². The molecule has 3 atom stereocenters. The number of benzene rings is 2. The molecule has 0 amide bonds. The van der Waals surface area contributed by atoms with Gasteiger partial charge in [0.05, 0.1) is 24.2 Å². The summed E-state index contributed by atoms with van der Waals surface area (Å²) in [6.07, 6.45) is 1.47. The Balaban J connectivity index is 1.42. The fraction of sp³-hybridized carbons (Fsp3) is 0.379. The summed E-state index contributed by atoms with van der Waals surface area (Å²) in [7, 11) is 1.54. The first-order valence-electron chi connectivity index (χ1n) is 12.4. The number of fused-ring (bicyclic) bond motifs is 1. The van der Waals surface area contributed by atoms with Crippen LogP contribution >= 0.6 is 11.6 Å². The van der Waals surface area contributed by atoms with Crippen molar-refractivity contribution in [2.75, 3.05) is 26.7 Å². The molecule has 0 radical (unpaired) electrons. The number of rotatable bonds is 8. The number of aromatic nitrogens is 1. The van der Waals surface area contributed by atoms with Crippen LogP contribution in [0.25, 0.3) is 10.9 Å². The topological polar surface area (TPSA) is 62.7 Å². The molecule has 5 nitrogen and oxygen atoms in total. The fourth-order valence-corrected chi connectivity index (χ4v) is 5.40. The molecule has 1 aliphatic heterocycles. The number of ether oxygens (including phenoxy) is 1. The van der Waals surface area contributed by atoms with Crippen molar-refractivity contribution in [3.63, 3.8) is 0 Å². The summed E-state index contributed by atoms with van der Waals surface area (Å²) in [5.41, 5.74) is 1.23. The first kappa shape index (κ1) is 27.7. The number of piperidine rings is 1. The van der Waals surface area contributed by atoms with Gasteiger partial charge in [-0.15, -0.1) is 0 Å². The van der Waals surface area contributed by atoms with E-state index in [1.807, 2.05) is 4.90 Å². The average Bonchev–Trinajstić information content (AvgIpc) is 2.86. The number of halogens is 4. The monoisotopic (exact) mass is 544 g/mol. The number of hydrogen-bond donors (Lipinski definition) is 1. The highest BCUT2D eigenvalue weighted by Crippen LogP contribution is 2.39. The summed E-state index contributed by atoms with van der Waals surface area (Å²) in [5, 5.41) is 10.3.